The number of hydrogen-bond acceptors (Lipinski definition) is 2. The van der Waals surface area contributed by atoms with Crippen LogP contribution >= 0.6 is 0 Å². The Balaban J connectivity index is 2.13. The first-order chi connectivity index (χ1) is 10.7. The maximum Gasteiger partial charge on any atom is 0.216 e. The van der Waals surface area contributed by atoms with Gasteiger partial charge in [-0.25, -0.2) is 0 Å². The molecule has 0 spiro atoms. The minimum absolute atomic E-state index is 0.617. The molecule has 1 aromatic heterocycles. The zero-order valence-corrected chi connectivity index (χ0v) is 12.6. The Morgan fingerprint density at radius 3 is 2.23 bits per heavy atom. The van der Waals surface area contributed by atoms with E-state index in [2.05, 4.69) is 30.2 Å². The molecule has 0 bridgehead atoms. The predicted molar refractivity (Wildman–Crippen MR) is 93.4 cm³/mol. The Kier molecular flexibility index (Phi) is 5.55. The topological polar surface area (TPSA) is 30.2 Å². The van der Waals surface area contributed by atoms with Crippen molar-refractivity contribution in [3.05, 3.63) is 90.4 Å². The van der Waals surface area contributed by atoms with E-state index < -0.39 is 0 Å². The number of benzene rings is 1. The van der Waals surface area contributed by atoms with Gasteiger partial charge in [-0.15, -0.1) is 13.2 Å². The minimum Gasteiger partial charge on any atom is -0.618 e. The second-order valence-corrected chi connectivity index (χ2v) is 4.86. The Bertz CT molecular complexity index is 649. The van der Waals surface area contributed by atoms with E-state index in [1.807, 2.05) is 42.5 Å². The van der Waals surface area contributed by atoms with Gasteiger partial charge in [-0.05, 0) is 29.8 Å². The van der Waals surface area contributed by atoms with Crippen molar-refractivity contribution in [2.45, 2.75) is 0 Å². The van der Waals surface area contributed by atoms with Crippen LogP contribution in [0.25, 0.3) is 12.2 Å². The van der Waals surface area contributed by atoms with Crippen LogP contribution in [0, 0.1) is 5.21 Å². The molecule has 0 aliphatic heterocycles. The van der Waals surface area contributed by atoms with E-state index in [1.165, 1.54) is 6.20 Å². The van der Waals surface area contributed by atoms with E-state index in [9.17, 15) is 5.21 Å². The summed E-state index contributed by atoms with van der Waals surface area (Å²) in [6.07, 6.45) is 8.98. The Morgan fingerprint density at radius 1 is 0.955 bits per heavy atom. The van der Waals surface area contributed by atoms with E-state index >= 15 is 0 Å². The highest BCUT2D eigenvalue weighted by molar-refractivity contribution is 5.68. The van der Waals surface area contributed by atoms with E-state index in [4.69, 9.17) is 0 Å². The van der Waals surface area contributed by atoms with Gasteiger partial charge in [0.05, 0.1) is 0 Å². The number of rotatable bonds is 7. The maximum absolute atomic E-state index is 11.6. The Labute approximate surface area is 131 Å². The molecule has 0 saturated heterocycles. The Hall–Kier alpha value is -2.81. The molecule has 0 radical (unpaired) electrons. The monoisotopic (exact) mass is 292 g/mol. The molecular weight excluding hydrogens is 272 g/mol. The zero-order chi connectivity index (χ0) is 15.8. The van der Waals surface area contributed by atoms with Crippen LogP contribution in [0.15, 0.2) is 74.0 Å². The number of anilines is 1. The first-order valence-electron chi connectivity index (χ1n) is 7.17. The van der Waals surface area contributed by atoms with Crippen molar-refractivity contribution in [1.29, 1.82) is 0 Å². The molecule has 0 amide bonds. The van der Waals surface area contributed by atoms with Crippen LogP contribution in [-0.2, 0) is 0 Å². The fourth-order valence-corrected chi connectivity index (χ4v) is 2.15. The van der Waals surface area contributed by atoms with Gasteiger partial charge in [0.15, 0.2) is 6.20 Å². The average Bonchev–Trinajstić information content (AvgIpc) is 2.54. The molecule has 1 aromatic carbocycles. The van der Waals surface area contributed by atoms with Gasteiger partial charge >= 0.3 is 0 Å². The van der Waals surface area contributed by atoms with Gasteiger partial charge in [0.2, 0.25) is 5.69 Å². The van der Waals surface area contributed by atoms with Gasteiger partial charge in [-0.2, -0.15) is 4.73 Å². The molecule has 0 aliphatic rings. The maximum atomic E-state index is 11.6. The van der Waals surface area contributed by atoms with Gasteiger partial charge in [-0.1, -0.05) is 24.3 Å². The molecule has 3 nitrogen and oxygen atoms in total. The summed E-state index contributed by atoms with van der Waals surface area (Å²) in [5.41, 5.74) is 2.78. The molecule has 2 rings (SSSR count). The smallest absolute Gasteiger partial charge is 0.216 e. The lowest BCUT2D eigenvalue weighted by Gasteiger charge is -2.21. The molecule has 22 heavy (non-hydrogen) atoms. The van der Waals surface area contributed by atoms with Crippen molar-refractivity contribution in [2.24, 2.45) is 0 Å². The molecule has 0 aliphatic carbocycles. The zero-order valence-electron chi connectivity index (χ0n) is 12.6. The third kappa shape index (κ3) is 4.09. The highest BCUT2D eigenvalue weighted by atomic mass is 16.5. The van der Waals surface area contributed by atoms with E-state index in [-0.39, 0.29) is 0 Å². The summed E-state index contributed by atoms with van der Waals surface area (Å²) in [5, 5.41) is 11.6. The summed E-state index contributed by atoms with van der Waals surface area (Å²) in [6.45, 7) is 9.11. The van der Waals surface area contributed by atoms with E-state index in [1.54, 1.807) is 12.1 Å². The molecule has 3 heteroatoms. The predicted octanol–water partition coefficient (Wildman–Crippen LogP) is 3.67. The van der Waals surface area contributed by atoms with Crippen molar-refractivity contribution in [1.82, 2.24) is 0 Å². The molecular formula is C19H20N2O. The van der Waals surface area contributed by atoms with Crippen LogP contribution in [0.2, 0.25) is 0 Å². The van der Waals surface area contributed by atoms with Crippen LogP contribution in [0.3, 0.4) is 0 Å². The molecule has 0 fully saturated rings. The summed E-state index contributed by atoms with van der Waals surface area (Å²) in [5.74, 6) is 0. The summed E-state index contributed by atoms with van der Waals surface area (Å²) >= 11 is 0. The molecule has 0 unspecified atom stereocenters. The van der Waals surface area contributed by atoms with Gasteiger partial charge in [-0.3, -0.25) is 0 Å². The third-order valence-corrected chi connectivity index (χ3v) is 3.26. The lowest BCUT2D eigenvalue weighted by molar-refractivity contribution is -0.607. The molecule has 0 saturated carbocycles. The first kappa shape index (κ1) is 15.6. The molecule has 0 N–H and O–H groups in total. The molecule has 112 valence electrons. The summed E-state index contributed by atoms with van der Waals surface area (Å²) in [6, 6.07) is 13.5. The summed E-state index contributed by atoms with van der Waals surface area (Å²) in [4.78, 5) is 2.18. The van der Waals surface area contributed by atoms with Crippen LogP contribution in [0.4, 0.5) is 5.69 Å². The van der Waals surface area contributed by atoms with Crippen molar-refractivity contribution >= 4 is 17.8 Å². The van der Waals surface area contributed by atoms with Crippen molar-refractivity contribution < 1.29 is 4.73 Å². The van der Waals surface area contributed by atoms with Gasteiger partial charge in [0, 0.05) is 37.0 Å². The first-order valence-corrected chi connectivity index (χ1v) is 7.17. The van der Waals surface area contributed by atoms with Crippen LogP contribution in [0.5, 0.6) is 0 Å². The largest absolute Gasteiger partial charge is 0.618 e. The fraction of sp³-hybridized carbons (Fsp3) is 0.105. The average molecular weight is 292 g/mol. The standard InChI is InChI=1S/C19H20N2O/c1-3-14-20(15-4-2)18-11-8-17(9-12-18)10-13-19-7-5-6-16-21(19)22/h3-13,16H,1-2,14-15H2. The Morgan fingerprint density at radius 2 is 1.64 bits per heavy atom. The van der Waals surface area contributed by atoms with Crippen LogP contribution in [0.1, 0.15) is 11.3 Å². The lowest BCUT2D eigenvalue weighted by Crippen LogP contribution is -2.28. The normalized spacial score (nSPS) is 10.5. The summed E-state index contributed by atoms with van der Waals surface area (Å²) < 4.78 is 0.848. The SMILES string of the molecule is C=CCN(CC=C)c1ccc(C=Cc2cccc[n+]2[O-])cc1. The van der Waals surface area contributed by atoms with Crippen LogP contribution in [-0.4, -0.2) is 13.1 Å². The molecule has 0 atom stereocenters. The van der Waals surface area contributed by atoms with Gasteiger partial charge in [0.25, 0.3) is 0 Å². The summed E-state index contributed by atoms with van der Waals surface area (Å²) in [7, 11) is 0. The van der Waals surface area contributed by atoms with Crippen molar-refractivity contribution in [3.8, 4) is 0 Å². The second kappa shape index (κ2) is 7.84. The van der Waals surface area contributed by atoms with Crippen molar-refractivity contribution in [2.75, 3.05) is 18.0 Å². The van der Waals surface area contributed by atoms with Crippen LogP contribution < -0.4 is 9.63 Å². The highest BCUT2D eigenvalue weighted by Crippen LogP contribution is 2.16. The number of aromatic nitrogens is 1. The second-order valence-electron chi connectivity index (χ2n) is 4.86. The lowest BCUT2D eigenvalue weighted by atomic mass is 10.1. The molecule has 2 aromatic rings. The van der Waals surface area contributed by atoms with Gasteiger partial charge in [0.1, 0.15) is 0 Å². The van der Waals surface area contributed by atoms with Gasteiger partial charge < -0.3 is 10.1 Å². The third-order valence-electron chi connectivity index (χ3n) is 3.26. The van der Waals surface area contributed by atoms with Crippen molar-refractivity contribution in [3.63, 3.8) is 0 Å². The number of pyridine rings is 1. The minimum atomic E-state index is 0.617. The molecule has 1 heterocycles. The number of nitrogens with zero attached hydrogens (tertiary/aromatic N) is 2. The van der Waals surface area contributed by atoms with E-state index in [0.29, 0.717) is 5.69 Å². The fourth-order valence-electron chi connectivity index (χ4n) is 2.15. The van der Waals surface area contributed by atoms with E-state index in [0.717, 1.165) is 29.1 Å². The number of hydrogen-bond donors (Lipinski definition) is 0. The highest BCUT2D eigenvalue weighted by Gasteiger charge is 2.02. The quantitative estimate of drug-likeness (QED) is 0.443.